The van der Waals surface area contributed by atoms with Gasteiger partial charge in [-0.05, 0) is 42.6 Å². The first-order chi connectivity index (χ1) is 15.3. The molecule has 1 atom stereocenters. The lowest BCUT2D eigenvalue weighted by molar-refractivity contribution is -0.136. The lowest BCUT2D eigenvalue weighted by atomic mass is 10.0. The number of fused-ring (bicyclic) bond motifs is 1. The first-order valence-corrected chi connectivity index (χ1v) is 11.9. The van der Waals surface area contributed by atoms with E-state index in [0.717, 1.165) is 9.35 Å². The van der Waals surface area contributed by atoms with Gasteiger partial charge in [-0.15, -0.1) is 11.3 Å². The number of aromatic nitrogens is 1. The Labute approximate surface area is 199 Å². The average Bonchev–Trinajstić information content (AvgIpc) is 3.37. The molecule has 0 aliphatic carbocycles. The minimum atomic E-state index is -0.628. The van der Waals surface area contributed by atoms with E-state index in [4.69, 9.17) is 9.47 Å². The Morgan fingerprint density at radius 2 is 2.06 bits per heavy atom. The Hall–Kier alpha value is -2.82. The summed E-state index contributed by atoms with van der Waals surface area (Å²) in [6.07, 6.45) is 1.66. The van der Waals surface area contributed by atoms with Crippen molar-refractivity contribution in [1.82, 2.24) is 4.57 Å². The van der Waals surface area contributed by atoms with E-state index in [-0.39, 0.29) is 5.56 Å². The third kappa shape index (κ3) is 4.13. The first-order valence-electron chi connectivity index (χ1n) is 9.42. The fourth-order valence-electron chi connectivity index (χ4n) is 3.43. The summed E-state index contributed by atoms with van der Waals surface area (Å²) in [5.74, 6) is -0.643. The van der Waals surface area contributed by atoms with E-state index >= 15 is 0 Å². The van der Waals surface area contributed by atoms with Gasteiger partial charge in [0.15, 0.2) is 4.80 Å². The van der Waals surface area contributed by atoms with Crippen LogP contribution in [0.5, 0.6) is 5.75 Å². The van der Waals surface area contributed by atoms with Crippen molar-refractivity contribution in [3.63, 3.8) is 0 Å². The van der Waals surface area contributed by atoms with E-state index in [1.165, 1.54) is 41.3 Å². The number of allylic oxidation sites excluding steroid dienone is 1. The topological polar surface area (TPSA) is 87.0 Å². The molecule has 7 nitrogen and oxygen atoms in total. The van der Waals surface area contributed by atoms with E-state index in [1.807, 2.05) is 17.5 Å². The lowest BCUT2D eigenvalue weighted by Gasteiger charge is -2.22. The lowest BCUT2D eigenvalue weighted by Crippen LogP contribution is -2.39. The number of thiazole rings is 1. The van der Waals surface area contributed by atoms with Gasteiger partial charge in [0.25, 0.3) is 5.56 Å². The Balaban J connectivity index is 1.96. The van der Waals surface area contributed by atoms with E-state index < -0.39 is 18.0 Å². The normalized spacial score (nSPS) is 15.9. The fourth-order valence-corrected chi connectivity index (χ4v) is 5.67. The van der Waals surface area contributed by atoms with E-state index in [0.29, 0.717) is 31.9 Å². The summed E-state index contributed by atoms with van der Waals surface area (Å²) in [4.78, 5) is 43.4. The average molecular weight is 533 g/mol. The molecule has 2 aromatic heterocycles. The first kappa shape index (κ1) is 22.4. The molecule has 0 amide bonds. The monoisotopic (exact) mass is 532 g/mol. The summed E-state index contributed by atoms with van der Waals surface area (Å²) in [5.41, 5.74) is 1.11. The Morgan fingerprint density at radius 3 is 2.72 bits per heavy atom. The van der Waals surface area contributed by atoms with Crippen LogP contribution in [-0.4, -0.2) is 23.6 Å². The van der Waals surface area contributed by atoms with E-state index in [1.54, 1.807) is 31.2 Å². The number of halogens is 1. The molecule has 4 rings (SSSR count). The third-order valence-electron chi connectivity index (χ3n) is 4.75. The summed E-state index contributed by atoms with van der Waals surface area (Å²) in [6.45, 7) is 3.05. The number of ether oxygens (including phenoxy) is 2. The van der Waals surface area contributed by atoms with Crippen LogP contribution in [0.3, 0.4) is 0 Å². The Bertz CT molecular complexity index is 1430. The van der Waals surface area contributed by atoms with Crippen molar-refractivity contribution in [3.05, 3.63) is 81.6 Å². The van der Waals surface area contributed by atoms with Crippen LogP contribution >= 0.6 is 38.6 Å². The second kappa shape index (κ2) is 8.97. The van der Waals surface area contributed by atoms with E-state index in [2.05, 4.69) is 20.9 Å². The van der Waals surface area contributed by atoms with Crippen LogP contribution in [0, 0.1) is 0 Å². The molecule has 3 heterocycles. The number of carbonyl (C=O) groups is 2. The molecule has 0 unspecified atom stereocenters. The standard InChI is InChI=1S/C22H17BrN2O5S2/c1-11-18(21(28)29-3)19(16-5-4-8-31-16)25-20(27)17(32-22(25)24-11)10-13-9-14(23)6-7-15(13)30-12(2)26/h4-10,19H,1-3H3/b17-10-/t19-/m1/s1. The molecule has 0 bridgehead atoms. The molecule has 1 aromatic carbocycles. The van der Waals surface area contributed by atoms with Crippen LogP contribution in [-0.2, 0) is 14.3 Å². The minimum absolute atomic E-state index is 0.296. The number of rotatable bonds is 4. The number of benzene rings is 1. The number of nitrogens with zero attached hydrogens (tertiary/aromatic N) is 2. The van der Waals surface area contributed by atoms with Gasteiger partial charge in [-0.25, -0.2) is 9.79 Å². The zero-order valence-electron chi connectivity index (χ0n) is 17.2. The molecule has 0 radical (unpaired) electrons. The number of hydrogen-bond acceptors (Lipinski definition) is 8. The summed E-state index contributed by atoms with van der Waals surface area (Å²) >= 11 is 6.07. The minimum Gasteiger partial charge on any atom is -0.466 e. The van der Waals surface area contributed by atoms with Gasteiger partial charge in [0.05, 0.1) is 22.9 Å². The number of hydrogen-bond donors (Lipinski definition) is 0. The van der Waals surface area contributed by atoms with Crippen LogP contribution in [0.2, 0.25) is 0 Å². The summed E-state index contributed by atoms with van der Waals surface area (Å²) < 4.78 is 13.0. The number of thiophene rings is 1. The van der Waals surface area contributed by atoms with E-state index in [9.17, 15) is 14.4 Å². The number of esters is 2. The van der Waals surface area contributed by atoms with Crippen LogP contribution in [0.15, 0.2) is 61.2 Å². The second-order valence-corrected chi connectivity index (χ2v) is 9.77. The molecule has 1 aliphatic rings. The summed E-state index contributed by atoms with van der Waals surface area (Å²) in [7, 11) is 1.31. The molecule has 164 valence electrons. The second-order valence-electron chi connectivity index (χ2n) is 6.86. The maximum atomic E-state index is 13.5. The zero-order chi connectivity index (χ0) is 23.0. The zero-order valence-corrected chi connectivity index (χ0v) is 20.5. The number of carbonyl (C=O) groups excluding carboxylic acids is 2. The molecule has 0 saturated heterocycles. The molecule has 0 spiro atoms. The van der Waals surface area contributed by atoms with Crippen molar-refractivity contribution in [3.8, 4) is 5.75 Å². The predicted molar refractivity (Wildman–Crippen MR) is 126 cm³/mol. The van der Waals surface area contributed by atoms with Crippen LogP contribution < -0.4 is 19.6 Å². The summed E-state index contributed by atoms with van der Waals surface area (Å²) in [6, 6.07) is 8.28. The van der Waals surface area contributed by atoms with Crippen molar-refractivity contribution in [1.29, 1.82) is 0 Å². The van der Waals surface area contributed by atoms with Crippen molar-refractivity contribution in [2.75, 3.05) is 7.11 Å². The van der Waals surface area contributed by atoms with Crippen LogP contribution in [0.4, 0.5) is 0 Å². The van der Waals surface area contributed by atoms with Crippen molar-refractivity contribution < 1.29 is 19.1 Å². The van der Waals surface area contributed by atoms with Crippen molar-refractivity contribution >= 4 is 56.6 Å². The van der Waals surface area contributed by atoms with Crippen LogP contribution in [0.25, 0.3) is 6.08 Å². The van der Waals surface area contributed by atoms with Gasteiger partial charge >= 0.3 is 11.9 Å². The Morgan fingerprint density at radius 1 is 1.28 bits per heavy atom. The van der Waals surface area contributed by atoms with Crippen molar-refractivity contribution in [2.45, 2.75) is 19.9 Å². The fraction of sp³-hybridized carbons (Fsp3) is 0.182. The SMILES string of the molecule is COC(=O)C1=C(C)N=c2s/c(=C\c3cc(Br)ccc3OC(C)=O)c(=O)n2[C@@H]1c1cccs1. The third-order valence-corrected chi connectivity index (χ3v) is 7.15. The van der Waals surface area contributed by atoms with Gasteiger partial charge in [0, 0.05) is 21.8 Å². The maximum absolute atomic E-state index is 13.5. The van der Waals surface area contributed by atoms with Gasteiger partial charge in [0.1, 0.15) is 11.8 Å². The molecule has 10 heteroatoms. The van der Waals surface area contributed by atoms with Gasteiger partial charge in [-0.2, -0.15) is 0 Å². The predicted octanol–water partition coefficient (Wildman–Crippen LogP) is 3.16. The smallest absolute Gasteiger partial charge is 0.338 e. The largest absolute Gasteiger partial charge is 0.466 e. The van der Waals surface area contributed by atoms with Crippen molar-refractivity contribution in [2.24, 2.45) is 4.99 Å². The highest BCUT2D eigenvalue weighted by Crippen LogP contribution is 2.33. The Kier molecular flexibility index (Phi) is 6.27. The van der Waals surface area contributed by atoms with Gasteiger partial charge in [0.2, 0.25) is 0 Å². The molecule has 0 saturated carbocycles. The van der Waals surface area contributed by atoms with Gasteiger partial charge < -0.3 is 9.47 Å². The summed E-state index contributed by atoms with van der Waals surface area (Å²) in [5, 5.41) is 1.89. The van der Waals surface area contributed by atoms with Gasteiger partial charge in [-0.1, -0.05) is 33.3 Å². The highest BCUT2D eigenvalue weighted by Gasteiger charge is 2.33. The highest BCUT2D eigenvalue weighted by atomic mass is 79.9. The molecule has 3 aromatic rings. The molecular weight excluding hydrogens is 516 g/mol. The molecular formula is C22H17BrN2O5S2. The molecule has 1 aliphatic heterocycles. The molecule has 0 N–H and O–H groups in total. The quantitative estimate of drug-likeness (QED) is 0.380. The molecule has 32 heavy (non-hydrogen) atoms. The van der Waals surface area contributed by atoms with Gasteiger partial charge in [-0.3, -0.25) is 14.2 Å². The molecule has 0 fully saturated rings. The maximum Gasteiger partial charge on any atom is 0.338 e. The van der Waals surface area contributed by atoms with Crippen LogP contribution in [0.1, 0.15) is 30.3 Å². The number of methoxy groups -OCH3 is 1. The highest BCUT2D eigenvalue weighted by molar-refractivity contribution is 9.10.